The molecule has 0 unspecified atom stereocenters. The standard InChI is InChI=1S/C14H23N3O3/c1-4-14(15,5-2)10-16-11-7-12(17(18)19)9-13(8-11)20-6-3/h7-9,16H,4-6,10,15H2,1-3H3. The number of nitrogens with two attached hydrogens (primary N) is 1. The molecule has 0 atom stereocenters. The van der Waals surface area contributed by atoms with Crippen molar-refractivity contribution in [3.63, 3.8) is 0 Å². The van der Waals surface area contributed by atoms with E-state index in [4.69, 9.17) is 10.5 Å². The Morgan fingerprint density at radius 2 is 1.95 bits per heavy atom. The van der Waals surface area contributed by atoms with E-state index in [1.54, 1.807) is 6.07 Å². The predicted octanol–water partition coefficient (Wildman–Crippen LogP) is 2.92. The van der Waals surface area contributed by atoms with Crippen molar-refractivity contribution in [3.05, 3.63) is 28.3 Å². The van der Waals surface area contributed by atoms with Gasteiger partial charge in [0.25, 0.3) is 5.69 Å². The third-order valence-electron chi connectivity index (χ3n) is 3.47. The number of anilines is 1. The molecule has 0 saturated carbocycles. The quantitative estimate of drug-likeness (QED) is 0.564. The lowest BCUT2D eigenvalue weighted by atomic mass is 9.94. The molecule has 0 amide bonds. The Hall–Kier alpha value is -1.82. The second kappa shape index (κ2) is 7.09. The molecule has 112 valence electrons. The summed E-state index contributed by atoms with van der Waals surface area (Å²) >= 11 is 0. The van der Waals surface area contributed by atoms with E-state index in [1.165, 1.54) is 12.1 Å². The minimum absolute atomic E-state index is 0.00840. The zero-order chi connectivity index (χ0) is 15.2. The molecule has 0 aromatic heterocycles. The second-order valence-corrected chi connectivity index (χ2v) is 4.83. The molecule has 6 heteroatoms. The van der Waals surface area contributed by atoms with Gasteiger partial charge in [-0.1, -0.05) is 13.8 Å². The van der Waals surface area contributed by atoms with Crippen LogP contribution in [0.25, 0.3) is 0 Å². The fraction of sp³-hybridized carbons (Fsp3) is 0.571. The molecule has 1 rings (SSSR count). The molecule has 0 bridgehead atoms. The number of nitrogens with one attached hydrogen (secondary N) is 1. The summed E-state index contributed by atoms with van der Waals surface area (Å²) in [6.45, 7) is 6.93. The van der Waals surface area contributed by atoms with Gasteiger partial charge in [-0.15, -0.1) is 0 Å². The fourth-order valence-electron chi connectivity index (χ4n) is 1.82. The molecule has 0 spiro atoms. The highest BCUT2D eigenvalue weighted by molar-refractivity contribution is 5.56. The Morgan fingerprint density at radius 3 is 2.45 bits per heavy atom. The third-order valence-corrected chi connectivity index (χ3v) is 3.47. The summed E-state index contributed by atoms with van der Waals surface area (Å²) < 4.78 is 5.35. The van der Waals surface area contributed by atoms with Gasteiger partial charge in [0, 0.05) is 29.9 Å². The van der Waals surface area contributed by atoms with E-state index in [2.05, 4.69) is 5.32 Å². The number of nitro benzene ring substituents is 1. The molecule has 3 N–H and O–H groups in total. The number of benzene rings is 1. The van der Waals surface area contributed by atoms with Gasteiger partial charge in [-0.05, 0) is 19.8 Å². The Labute approximate surface area is 119 Å². The number of ether oxygens (including phenoxy) is 1. The summed E-state index contributed by atoms with van der Waals surface area (Å²) in [5.41, 5.74) is 6.56. The Morgan fingerprint density at radius 1 is 1.30 bits per heavy atom. The van der Waals surface area contributed by atoms with Crippen LogP contribution in [0.3, 0.4) is 0 Å². The first-order valence-corrected chi connectivity index (χ1v) is 6.89. The van der Waals surface area contributed by atoms with E-state index in [1.807, 2.05) is 20.8 Å². The van der Waals surface area contributed by atoms with E-state index < -0.39 is 4.92 Å². The fourth-order valence-corrected chi connectivity index (χ4v) is 1.82. The highest BCUT2D eigenvalue weighted by atomic mass is 16.6. The normalized spacial score (nSPS) is 11.2. The van der Waals surface area contributed by atoms with E-state index in [9.17, 15) is 10.1 Å². The number of hydrogen-bond donors (Lipinski definition) is 2. The predicted molar refractivity (Wildman–Crippen MR) is 80.3 cm³/mol. The lowest BCUT2D eigenvalue weighted by Gasteiger charge is -2.27. The van der Waals surface area contributed by atoms with Crippen molar-refractivity contribution >= 4 is 11.4 Å². The maximum atomic E-state index is 10.9. The molecule has 0 aliphatic carbocycles. The zero-order valence-electron chi connectivity index (χ0n) is 12.3. The largest absolute Gasteiger partial charge is 0.494 e. The van der Waals surface area contributed by atoms with Gasteiger partial charge in [-0.2, -0.15) is 0 Å². The van der Waals surface area contributed by atoms with Crippen molar-refractivity contribution < 1.29 is 9.66 Å². The molecule has 0 heterocycles. The SMILES string of the molecule is CCOc1cc(NCC(N)(CC)CC)cc([N+](=O)[O-])c1. The van der Waals surface area contributed by atoms with Crippen LogP contribution in [0.4, 0.5) is 11.4 Å². The topological polar surface area (TPSA) is 90.4 Å². The number of non-ortho nitro benzene ring substituents is 1. The van der Waals surface area contributed by atoms with Crippen molar-refractivity contribution in [3.8, 4) is 5.75 Å². The summed E-state index contributed by atoms with van der Waals surface area (Å²) in [6.07, 6.45) is 1.67. The van der Waals surface area contributed by atoms with Gasteiger partial charge in [0.2, 0.25) is 0 Å². The van der Waals surface area contributed by atoms with Gasteiger partial charge >= 0.3 is 0 Å². The average Bonchev–Trinajstić information content (AvgIpc) is 2.45. The lowest BCUT2D eigenvalue weighted by Crippen LogP contribution is -2.45. The van der Waals surface area contributed by atoms with Crippen LogP contribution < -0.4 is 15.8 Å². The monoisotopic (exact) mass is 281 g/mol. The van der Waals surface area contributed by atoms with Gasteiger partial charge in [0.15, 0.2) is 0 Å². The molecule has 1 aromatic rings. The maximum absolute atomic E-state index is 10.9. The third kappa shape index (κ3) is 4.38. The van der Waals surface area contributed by atoms with Crippen LogP contribution in [0.1, 0.15) is 33.6 Å². The minimum Gasteiger partial charge on any atom is -0.494 e. The van der Waals surface area contributed by atoms with Gasteiger partial charge < -0.3 is 15.8 Å². The number of rotatable bonds is 8. The summed E-state index contributed by atoms with van der Waals surface area (Å²) in [5.74, 6) is 0.486. The van der Waals surface area contributed by atoms with E-state index in [-0.39, 0.29) is 11.2 Å². The van der Waals surface area contributed by atoms with Gasteiger partial charge in [-0.25, -0.2) is 0 Å². The summed E-state index contributed by atoms with van der Waals surface area (Å²) in [4.78, 5) is 10.5. The summed E-state index contributed by atoms with van der Waals surface area (Å²) in [7, 11) is 0. The smallest absolute Gasteiger partial charge is 0.275 e. The van der Waals surface area contributed by atoms with Crippen LogP contribution in [-0.4, -0.2) is 23.6 Å². The molecular weight excluding hydrogens is 258 g/mol. The minimum atomic E-state index is -0.428. The van der Waals surface area contributed by atoms with Crippen molar-refractivity contribution in [2.45, 2.75) is 39.2 Å². The van der Waals surface area contributed by atoms with E-state index >= 15 is 0 Å². The zero-order valence-corrected chi connectivity index (χ0v) is 12.3. The summed E-state index contributed by atoms with van der Waals surface area (Å²) in [6, 6.07) is 4.67. The van der Waals surface area contributed by atoms with Crippen molar-refractivity contribution in [1.29, 1.82) is 0 Å². The van der Waals surface area contributed by atoms with Crippen LogP contribution in [0.15, 0.2) is 18.2 Å². The number of nitro groups is 1. The lowest BCUT2D eigenvalue weighted by molar-refractivity contribution is -0.384. The summed E-state index contributed by atoms with van der Waals surface area (Å²) in [5, 5.41) is 14.1. The second-order valence-electron chi connectivity index (χ2n) is 4.83. The van der Waals surface area contributed by atoms with Crippen LogP contribution in [0.5, 0.6) is 5.75 Å². The highest BCUT2D eigenvalue weighted by Crippen LogP contribution is 2.26. The van der Waals surface area contributed by atoms with Gasteiger partial charge in [-0.3, -0.25) is 10.1 Å². The molecule has 1 aromatic carbocycles. The Bertz CT molecular complexity index is 459. The molecule has 20 heavy (non-hydrogen) atoms. The molecule has 0 aliphatic heterocycles. The molecule has 0 radical (unpaired) electrons. The van der Waals surface area contributed by atoms with Crippen LogP contribution in [-0.2, 0) is 0 Å². The maximum Gasteiger partial charge on any atom is 0.275 e. The Balaban J connectivity index is 2.91. The first kappa shape index (κ1) is 16.2. The van der Waals surface area contributed by atoms with Crippen molar-refractivity contribution in [1.82, 2.24) is 0 Å². The van der Waals surface area contributed by atoms with Gasteiger partial charge in [0.1, 0.15) is 5.75 Å². The molecule has 0 saturated heterocycles. The van der Waals surface area contributed by atoms with Crippen LogP contribution >= 0.6 is 0 Å². The van der Waals surface area contributed by atoms with E-state index in [0.717, 1.165) is 12.8 Å². The average molecular weight is 281 g/mol. The van der Waals surface area contributed by atoms with Crippen LogP contribution in [0, 0.1) is 10.1 Å². The van der Waals surface area contributed by atoms with Crippen molar-refractivity contribution in [2.24, 2.45) is 5.73 Å². The molecule has 0 aliphatic rings. The highest BCUT2D eigenvalue weighted by Gasteiger charge is 2.20. The van der Waals surface area contributed by atoms with Crippen molar-refractivity contribution in [2.75, 3.05) is 18.5 Å². The molecule has 6 nitrogen and oxygen atoms in total. The van der Waals surface area contributed by atoms with E-state index in [0.29, 0.717) is 24.6 Å². The molecular formula is C14H23N3O3. The first-order valence-electron chi connectivity index (χ1n) is 6.89. The number of nitrogens with zero attached hydrogens (tertiary/aromatic N) is 1. The van der Waals surface area contributed by atoms with Gasteiger partial charge in [0.05, 0.1) is 17.6 Å². The Kier molecular flexibility index (Phi) is 5.76. The van der Waals surface area contributed by atoms with Crippen LogP contribution in [0.2, 0.25) is 0 Å². The first-order chi connectivity index (χ1) is 9.44. The number of hydrogen-bond acceptors (Lipinski definition) is 5. The molecule has 0 fully saturated rings.